The summed E-state index contributed by atoms with van der Waals surface area (Å²) in [6, 6.07) is 8.89. The number of benzene rings is 1. The van der Waals surface area contributed by atoms with Crippen LogP contribution in [0.3, 0.4) is 0 Å². The molecule has 0 atom stereocenters. The van der Waals surface area contributed by atoms with Gasteiger partial charge in [-0.1, -0.05) is 38.1 Å². The number of methoxy groups -OCH3 is 1. The minimum Gasteiger partial charge on any atom is -0.471 e. The lowest BCUT2D eigenvalue weighted by atomic mass is 10.0. The van der Waals surface area contributed by atoms with Gasteiger partial charge >= 0.3 is 0 Å². The smallest absolute Gasteiger partial charge is 0.292 e. The molecule has 1 aromatic rings. The average Bonchev–Trinajstić information content (AvgIpc) is 2.29. The van der Waals surface area contributed by atoms with Gasteiger partial charge < -0.3 is 9.64 Å². The number of rotatable bonds is 4. The first-order valence-electron chi connectivity index (χ1n) is 5.71. The fraction of sp³-hybridized carbons (Fsp3) is 0.500. The minimum absolute atomic E-state index is 0.375. The largest absolute Gasteiger partial charge is 0.471 e. The Labute approximate surface area is 104 Å². The predicted molar refractivity (Wildman–Crippen MR) is 71.0 cm³/mol. The zero-order valence-corrected chi connectivity index (χ0v) is 11.4. The Kier molecular flexibility index (Phi) is 8.07. The highest BCUT2D eigenvalue weighted by Crippen LogP contribution is 2.14. The lowest BCUT2D eigenvalue weighted by Crippen LogP contribution is -2.10. The van der Waals surface area contributed by atoms with E-state index in [2.05, 4.69) is 61.8 Å². The second kappa shape index (κ2) is 8.76. The van der Waals surface area contributed by atoms with Crippen molar-refractivity contribution in [1.82, 2.24) is 4.90 Å². The van der Waals surface area contributed by atoms with Gasteiger partial charge in [-0.3, -0.25) is 4.79 Å². The molecule has 17 heavy (non-hydrogen) atoms. The molecule has 0 saturated carbocycles. The van der Waals surface area contributed by atoms with Crippen LogP contribution < -0.4 is 0 Å². The quantitative estimate of drug-likeness (QED) is 0.754. The molecule has 0 aliphatic heterocycles. The second-order valence-corrected chi connectivity index (χ2v) is 4.47. The fourth-order valence-corrected chi connectivity index (χ4v) is 1.37. The van der Waals surface area contributed by atoms with E-state index in [1.54, 1.807) is 0 Å². The Balaban J connectivity index is 0.000000557. The van der Waals surface area contributed by atoms with Gasteiger partial charge in [0.25, 0.3) is 6.47 Å². The summed E-state index contributed by atoms with van der Waals surface area (Å²) in [5.41, 5.74) is 2.80. The van der Waals surface area contributed by atoms with Crippen molar-refractivity contribution in [2.45, 2.75) is 26.3 Å². The topological polar surface area (TPSA) is 29.5 Å². The van der Waals surface area contributed by atoms with Crippen LogP contribution in [-0.4, -0.2) is 32.6 Å². The van der Waals surface area contributed by atoms with E-state index in [0.717, 1.165) is 6.54 Å². The first-order valence-corrected chi connectivity index (χ1v) is 5.71. The number of nitrogens with zero attached hydrogens (tertiary/aromatic N) is 1. The number of carbonyl (C=O) groups is 1. The molecule has 0 saturated heterocycles. The summed E-state index contributed by atoms with van der Waals surface area (Å²) < 4.78 is 3.86. The van der Waals surface area contributed by atoms with Crippen LogP contribution in [0.25, 0.3) is 0 Å². The van der Waals surface area contributed by atoms with Crippen molar-refractivity contribution in [3.8, 4) is 0 Å². The van der Waals surface area contributed by atoms with Crippen LogP contribution in [0.2, 0.25) is 0 Å². The van der Waals surface area contributed by atoms with Crippen LogP contribution in [0.5, 0.6) is 0 Å². The number of ether oxygens (including phenoxy) is 1. The molecule has 1 rings (SSSR count). The lowest BCUT2D eigenvalue weighted by Gasteiger charge is -2.11. The number of carbonyl (C=O) groups excluding carboxylic acids is 1. The van der Waals surface area contributed by atoms with Gasteiger partial charge in [-0.25, -0.2) is 0 Å². The molecule has 3 heteroatoms. The van der Waals surface area contributed by atoms with Gasteiger partial charge in [-0.15, -0.1) is 0 Å². The summed E-state index contributed by atoms with van der Waals surface area (Å²) in [4.78, 5) is 11.1. The van der Waals surface area contributed by atoms with Gasteiger partial charge in [0.1, 0.15) is 0 Å². The standard InChI is InChI=1S/C12H19N.C2H4O2/c1-10(2)12-7-5-11(6-8-12)9-13(3)4;1-4-2-3/h5-8,10H,9H2,1-4H3;2H,1H3. The van der Waals surface area contributed by atoms with E-state index in [0.29, 0.717) is 12.4 Å². The summed E-state index contributed by atoms with van der Waals surface area (Å²) in [5.74, 6) is 0.633. The van der Waals surface area contributed by atoms with Gasteiger partial charge in [0.15, 0.2) is 0 Å². The molecule has 0 heterocycles. The van der Waals surface area contributed by atoms with Crippen LogP contribution in [0.4, 0.5) is 0 Å². The summed E-state index contributed by atoms with van der Waals surface area (Å²) in [6.45, 7) is 5.85. The Hall–Kier alpha value is -1.35. The molecule has 0 N–H and O–H groups in total. The molecule has 0 spiro atoms. The van der Waals surface area contributed by atoms with E-state index < -0.39 is 0 Å². The molecule has 3 nitrogen and oxygen atoms in total. The highest BCUT2D eigenvalue weighted by atomic mass is 16.5. The first kappa shape index (κ1) is 15.7. The van der Waals surface area contributed by atoms with Crippen LogP contribution in [0.1, 0.15) is 30.9 Å². The SMILES string of the molecule is CC(C)c1ccc(CN(C)C)cc1.COC=O. The summed E-state index contributed by atoms with van der Waals surface area (Å²) in [7, 11) is 5.50. The maximum Gasteiger partial charge on any atom is 0.292 e. The zero-order valence-electron chi connectivity index (χ0n) is 11.4. The molecule has 96 valence electrons. The summed E-state index contributed by atoms with van der Waals surface area (Å²) in [6.07, 6.45) is 0. The van der Waals surface area contributed by atoms with E-state index in [1.807, 2.05) is 0 Å². The minimum atomic E-state index is 0.375. The van der Waals surface area contributed by atoms with Crippen LogP contribution >= 0.6 is 0 Å². The first-order chi connectivity index (χ1) is 8.01. The Morgan fingerprint density at radius 2 is 1.71 bits per heavy atom. The predicted octanol–water partition coefficient (Wildman–Crippen LogP) is 2.66. The molecule has 0 radical (unpaired) electrons. The van der Waals surface area contributed by atoms with Crippen molar-refractivity contribution in [3.63, 3.8) is 0 Å². The Morgan fingerprint density at radius 3 is 2.00 bits per heavy atom. The summed E-state index contributed by atoms with van der Waals surface area (Å²) >= 11 is 0. The maximum absolute atomic E-state index is 8.95. The fourth-order valence-electron chi connectivity index (χ4n) is 1.37. The van der Waals surface area contributed by atoms with Crippen LogP contribution in [-0.2, 0) is 16.1 Å². The molecule has 0 aliphatic carbocycles. The normalized spacial score (nSPS) is 9.82. The molecule has 0 aliphatic rings. The monoisotopic (exact) mass is 237 g/mol. The van der Waals surface area contributed by atoms with E-state index in [1.165, 1.54) is 18.2 Å². The van der Waals surface area contributed by atoms with E-state index in [-0.39, 0.29) is 0 Å². The molecular formula is C14H23NO2. The van der Waals surface area contributed by atoms with Gasteiger partial charge in [-0.05, 0) is 31.1 Å². The Bertz CT molecular complexity index is 305. The molecule has 0 bridgehead atoms. The molecule has 0 amide bonds. The van der Waals surface area contributed by atoms with Crippen molar-refractivity contribution < 1.29 is 9.53 Å². The third-order valence-electron chi connectivity index (χ3n) is 2.24. The van der Waals surface area contributed by atoms with E-state index in [9.17, 15) is 0 Å². The van der Waals surface area contributed by atoms with Crippen molar-refractivity contribution in [1.29, 1.82) is 0 Å². The zero-order chi connectivity index (χ0) is 13.3. The third-order valence-corrected chi connectivity index (χ3v) is 2.24. The molecule has 0 aromatic heterocycles. The molecule has 0 unspecified atom stereocenters. The molecule has 0 fully saturated rings. The van der Waals surface area contributed by atoms with Crippen LogP contribution in [0.15, 0.2) is 24.3 Å². The molecular weight excluding hydrogens is 214 g/mol. The Morgan fingerprint density at radius 1 is 1.24 bits per heavy atom. The highest BCUT2D eigenvalue weighted by Gasteiger charge is 1.99. The van der Waals surface area contributed by atoms with E-state index >= 15 is 0 Å². The van der Waals surface area contributed by atoms with Gasteiger partial charge in [-0.2, -0.15) is 0 Å². The molecule has 1 aromatic carbocycles. The van der Waals surface area contributed by atoms with Crippen LogP contribution in [0, 0.1) is 0 Å². The van der Waals surface area contributed by atoms with Gasteiger partial charge in [0.05, 0.1) is 7.11 Å². The van der Waals surface area contributed by atoms with Gasteiger partial charge in [0.2, 0.25) is 0 Å². The average molecular weight is 237 g/mol. The highest BCUT2D eigenvalue weighted by molar-refractivity contribution is 5.36. The van der Waals surface area contributed by atoms with Crippen molar-refractivity contribution in [3.05, 3.63) is 35.4 Å². The van der Waals surface area contributed by atoms with Crippen molar-refractivity contribution in [2.24, 2.45) is 0 Å². The van der Waals surface area contributed by atoms with Gasteiger partial charge in [0, 0.05) is 6.54 Å². The second-order valence-electron chi connectivity index (χ2n) is 4.47. The number of hydrogen-bond donors (Lipinski definition) is 0. The van der Waals surface area contributed by atoms with Crippen molar-refractivity contribution >= 4 is 6.47 Å². The van der Waals surface area contributed by atoms with Crippen molar-refractivity contribution in [2.75, 3.05) is 21.2 Å². The third kappa shape index (κ3) is 7.53. The summed E-state index contributed by atoms with van der Waals surface area (Å²) in [5, 5.41) is 0. The lowest BCUT2D eigenvalue weighted by molar-refractivity contribution is -0.126. The van der Waals surface area contributed by atoms with E-state index in [4.69, 9.17) is 4.79 Å². The number of hydrogen-bond acceptors (Lipinski definition) is 3. The maximum atomic E-state index is 8.95.